The molecule has 2 N–H and O–H groups in total. The number of thiocarbonyl (C=S) groups is 1. The number of likely N-dealkylation sites (N-methyl/N-ethyl adjacent to an activating group) is 1. The van der Waals surface area contributed by atoms with Crippen molar-refractivity contribution in [2.45, 2.75) is 20.3 Å². The van der Waals surface area contributed by atoms with E-state index in [0.29, 0.717) is 17.2 Å². The molecule has 1 rings (SSSR count). The number of para-hydroxylation sites is 1. The summed E-state index contributed by atoms with van der Waals surface area (Å²) in [5, 5.41) is 0. The molecular weight excluding hydrogens is 272 g/mol. The molecule has 0 radical (unpaired) electrons. The highest BCUT2D eigenvalue weighted by Gasteiger charge is 2.12. The van der Waals surface area contributed by atoms with Gasteiger partial charge in [0, 0.05) is 13.6 Å². The lowest BCUT2D eigenvalue weighted by Gasteiger charge is -2.19. The molecule has 0 fully saturated rings. The van der Waals surface area contributed by atoms with E-state index in [0.717, 1.165) is 13.0 Å². The van der Waals surface area contributed by atoms with Crippen molar-refractivity contribution in [1.82, 2.24) is 4.90 Å². The third kappa shape index (κ3) is 5.17. The van der Waals surface area contributed by atoms with Crippen molar-refractivity contribution in [1.29, 1.82) is 0 Å². The topological polar surface area (TPSA) is 55.6 Å². The molecule has 1 amide bonds. The van der Waals surface area contributed by atoms with Crippen LogP contribution in [0.2, 0.25) is 0 Å². The van der Waals surface area contributed by atoms with Crippen molar-refractivity contribution >= 4 is 23.1 Å². The summed E-state index contributed by atoms with van der Waals surface area (Å²) in [5.41, 5.74) is 6.27. The first-order valence-corrected chi connectivity index (χ1v) is 7.08. The zero-order valence-electron chi connectivity index (χ0n) is 12.3. The molecule has 0 aliphatic carbocycles. The lowest BCUT2D eigenvalue weighted by atomic mass is 10.1. The minimum atomic E-state index is -0.0524. The number of carbonyl (C=O) groups is 1. The van der Waals surface area contributed by atoms with Crippen LogP contribution in [0.15, 0.2) is 24.3 Å². The highest BCUT2D eigenvalue weighted by Crippen LogP contribution is 2.17. The van der Waals surface area contributed by atoms with Crippen LogP contribution in [0.4, 0.5) is 0 Å². The maximum absolute atomic E-state index is 11.9. The lowest BCUT2D eigenvalue weighted by molar-refractivity contribution is -0.132. The third-order valence-corrected chi connectivity index (χ3v) is 3.19. The molecule has 20 heavy (non-hydrogen) atoms. The number of rotatable bonds is 7. The summed E-state index contributed by atoms with van der Waals surface area (Å²) in [5.74, 6) is 1.07. The van der Waals surface area contributed by atoms with Gasteiger partial charge in [-0.3, -0.25) is 4.79 Å². The van der Waals surface area contributed by atoms with Crippen molar-refractivity contribution < 1.29 is 9.53 Å². The number of benzene rings is 1. The predicted molar refractivity (Wildman–Crippen MR) is 84.9 cm³/mol. The van der Waals surface area contributed by atoms with E-state index >= 15 is 0 Å². The summed E-state index contributed by atoms with van der Waals surface area (Å²) in [6, 6.07) is 7.20. The van der Waals surface area contributed by atoms with E-state index in [9.17, 15) is 4.79 Å². The molecule has 0 saturated carbocycles. The predicted octanol–water partition coefficient (Wildman–Crippen LogP) is 2.20. The molecule has 0 aliphatic rings. The van der Waals surface area contributed by atoms with E-state index in [1.165, 1.54) is 0 Å². The van der Waals surface area contributed by atoms with Crippen molar-refractivity contribution in [2.75, 3.05) is 20.2 Å². The Morgan fingerprint density at radius 3 is 2.65 bits per heavy atom. The molecule has 0 bridgehead atoms. The molecule has 1 aromatic rings. The van der Waals surface area contributed by atoms with Gasteiger partial charge in [0.2, 0.25) is 0 Å². The molecule has 110 valence electrons. The van der Waals surface area contributed by atoms with Gasteiger partial charge in [0.05, 0.1) is 5.56 Å². The van der Waals surface area contributed by atoms with Crippen LogP contribution in [0.5, 0.6) is 5.75 Å². The molecule has 1 aromatic carbocycles. The van der Waals surface area contributed by atoms with Crippen LogP contribution in [0, 0.1) is 5.92 Å². The number of nitrogens with zero attached hydrogens (tertiary/aromatic N) is 1. The van der Waals surface area contributed by atoms with Gasteiger partial charge in [-0.1, -0.05) is 38.2 Å². The average molecular weight is 294 g/mol. The maximum Gasteiger partial charge on any atom is 0.260 e. The average Bonchev–Trinajstić information content (AvgIpc) is 2.42. The molecule has 0 saturated heterocycles. The normalized spacial score (nSPS) is 10.4. The molecule has 0 aromatic heterocycles. The fourth-order valence-electron chi connectivity index (χ4n) is 1.62. The summed E-state index contributed by atoms with van der Waals surface area (Å²) in [4.78, 5) is 13.9. The van der Waals surface area contributed by atoms with E-state index in [1.807, 2.05) is 12.1 Å². The van der Waals surface area contributed by atoms with Gasteiger partial charge < -0.3 is 15.4 Å². The van der Waals surface area contributed by atoms with Gasteiger partial charge in [-0.15, -0.1) is 0 Å². The number of carbonyl (C=O) groups excluding carboxylic acids is 1. The fourth-order valence-corrected chi connectivity index (χ4v) is 1.79. The quantitative estimate of drug-likeness (QED) is 0.783. The number of hydrogen-bond donors (Lipinski definition) is 1. The van der Waals surface area contributed by atoms with Crippen molar-refractivity contribution in [3.63, 3.8) is 0 Å². The maximum atomic E-state index is 11.9. The molecule has 0 spiro atoms. The van der Waals surface area contributed by atoms with Gasteiger partial charge in [-0.25, -0.2) is 0 Å². The summed E-state index contributed by atoms with van der Waals surface area (Å²) in [6.07, 6.45) is 0.978. The van der Waals surface area contributed by atoms with E-state index in [4.69, 9.17) is 22.7 Å². The molecular formula is C15H22N2O2S. The van der Waals surface area contributed by atoms with Gasteiger partial charge in [0.25, 0.3) is 5.91 Å². The van der Waals surface area contributed by atoms with Crippen molar-refractivity contribution in [2.24, 2.45) is 11.7 Å². The van der Waals surface area contributed by atoms with Crippen LogP contribution >= 0.6 is 12.2 Å². The van der Waals surface area contributed by atoms with Gasteiger partial charge in [0.15, 0.2) is 6.61 Å². The van der Waals surface area contributed by atoms with E-state index in [-0.39, 0.29) is 17.5 Å². The minimum Gasteiger partial charge on any atom is -0.483 e. The van der Waals surface area contributed by atoms with Crippen LogP contribution in [-0.4, -0.2) is 36.0 Å². The first-order valence-electron chi connectivity index (χ1n) is 6.67. The molecule has 0 heterocycles. The zero-order valence-corrected chi connectivity index (χ0v) is 13.1. The van der Waals surface area contributed by atoms with Crippen LogP contribution in [0.1, 0.15) is 25.8 Å². The van der Waals surface area contributed by atoms with Gasteiger partial charge in [-0.2, -0.15) is 0 Å². The largest absolute Gasteiger partial charge is 0.483 e. The van der Waals surface area contributed by atoms with E-state index in [2.05, 4.69) is 13.8 Å². The highest BCUT2D eigenvalue weighted by atomic mass is 32.1. The van der Waals surface area contributed by atoms with Crippen molar-refractivity contribution in [3.8, 4) is 5.75 Å². The van der Waals surface area contributed by atoms with Crippen LogP contribution in [-0.2, 0) is 4.79 Å². The zero-order chi connectivity index (χ0) is 15.1. The second-order valence-electron chi connectivity index (χ2n) is 5.15. The van der Waals surface area contributed by atoms with Gasteiger partial charge in [0.1, 0.15) is 10.7 Å². The Balaban J connectivity index is 2.55. The Hall–Kier alpha value is -1.62. The number of nitrogens with two attached hydrogens (primary N) is 1. The Labute approximate surface area is 125 Å². The van der Waals surface area contributed by atoms with Crippen LogP contribution < -0.4 is 10.5 Å². The first kappa shape index (κ1) is 16.4. The molecule has 0 atom stereocenters. The molecule has 4 nitrogen and oxygen atoms in total. The Morgan fingerprint density at radius 2 is 2.05 bits per heavy atom. The van der Waals surface area contributed by atoms with Gasteiger partial charge >= 0.3 is 0 Å². The smallest absolute Gasteiger partial charge is 0.260 e. The second-order valence-corrected chi connectivity index (χ2v) is 5.59. The molecule has 0 aliphatic heterocycles. The number of hydrogen-bond acceptors (Lipinski definition) is 3. The van der Waals surface area contributed by atoms with Crippen LogP contribution in [0.3, 0.4) is 0 Å². The van der Waals surface area contributed by atoms with Crippen LogP contribution in [0.25, 0.3) is 0 Å². The Morgan fingerprint density at radius 1 is 1.40 bits per heavy atom. The summed E-state index contributed by atoms with van der Waals surface area (Å²) >= 11 is 4.95. The second kappa shape index (κ2) is 7.85. The summed E-state index contributed by atoms with van der Waals surface area (Å²) in [6.45, 7) is 4.99. The Bertz CT molecular complexity index is 475. The molecule has 0 unspecified atom stereocenters. The minimum absolute atomic E-state index is 0.00573. The summed E-state index contributed by atoms with van der Waals surface area (Å²) in [7, 11) is 1.79. The third-order valence-electron chi connectivity index (χ3n) is 2.97. The van der Waals surface area contributed by atoms with Crippen molar-refractivity contribution in [3.05, 3.63) is 29.8 Å². The monoisotopic (exact) mass is 294 g/mol. The van der Waals surface area contributed by atoms with Gasteiger partial charge in [-0.05, 0) is 24.5 Å². The number of ether oxygens (including phenoxy) is 1. The molecule has 5 heteroatoms. The standard InChI is InChI=1S/C15H22N2O2S/c1-11(2)8-9-17(3)14(18)10-19-13-7-5-4-6-12(13)15(16)20/h4-7,11H,8-10H2,1-3H3,(H2,16,20). The SMILES string of the molecule is CC(C)CCN(C)C(=O)COc1ccccc1C(N)=S. The lowest BCUT2D eigenvalue weighted by Crippen LogP contribution is -2.33. The summed E-state index contributed by atoms with van der Waals surface area (Å²) < 4.78 is 5.53. The first-order chi connectivity index (χ1) is 9.41. The highest BCUT2D eigenvalue weighted by molar-refractivity contribution is 7.80. The van der Waals surface area contributed by atoms with E-state index < -0.39 is 0 Å². The fraction of sp³-hybridized carbons (Fsp3) is 0.467. The number of amides is 1. The Kier molecular flexibility index (Phi) is 6.45. The van der Waals surface area contributed by atoms with E-state index in [1.54, 1.807) is 24.1 Å².